The van der Waals surface area contributed by atoms with Crippen LogP contribution in [0.2, 0.25) is 0 Å². The predicted molar refractivity (Wildman–Crippen MR) is 99.3 cm³/mol. The van der Waals surface area contributed by atoms with Gasteiger partial charge in [0, 0.05) is 46.0 Å². The first kappa shape index (κ1) is 19.4. The number of allylic oxidation sites excluding steroid dienone is 1. The monoisotopic (exact) mass is 366 g/mol. The van der Waals surface area contributed by atoms with Crippen molar-refractivity contribution in [2.75, 3.05) is 39.8 Å². The second-order valence-electron chi connectivity index (χ2n) is 6.19. The number of carbonyl (C=O) groups excluding carboxylic acids is 1. The Morgan fingerprint density at radius 1 is 1.32 bits per heavy atom. The van der Waals surface area contributed by atoms with E-state index >= 15 is 0 Å². The van der Waals surface area contributed by atoms with Crippen LogP contribution in [0, 0.1) is 5.82 Å². The third-order valence-corrected chi connectivity index (χ3v) is 4.66. The van der Waals surface area contributed by atoms with E-state index in [0.29, 0.717) is 19.0 Å². The lowest BCUT2D eigenvalue weighted by atomic mass is 10.0. The third kappa shape index (κ3) is 5.28. The van der Waals surface area contributed by atoms with E-state index in [2.05, 4.69) is 16.8 Å². The van der Waals surface area contributed by atoms with E-state index in [4.69, 9.17) is 17.3 Å². The molecule has 0 aliphatic carbocycles. The van der Waals surface area contributed by atoms with Gasteiger partial charge in [-0.05, 0) is 23.6 Å². The number of piperazine rings is 1. The Balaban J connectivity index is 1.88. The molecule has 25 heavy (non-hydrogen) atoms. The van der Waals surface area contributed by atoms with Crippen molar-refractivity contribution in [2.24, 2.45) is 10.7 Å². The van der Waals surface area contributed by atoms with Gasteiger partial charge in [0.2, 0.25) is 0 Å². The Bertz CT molecular complexity index is 652. The minimum absolute atomic E-state index is 0.0281. The van der Waals surface area contributed by atoms with Crippen LogP contribution in [0.4, 0.5) is 4.39 Å². The van der Waals surface area contributed by atoms with Gasteiger partial charge in [0.15, 0.2) is 0 Å². The number of nitrogens with zero attached hydrogens (tertiary/aromatic N) is 3. The summed E-state index contributed by atoms with van der Waals surface area (Å²) in [6.07, 6.45) is 1.37. The van der Waals surface area contributed by atoms with E-state index in [9.17, 15) is 9.18 Å². The smallest absolute Gasteiger partial charge is 0.271 e. The highest BCUT2D eigenvalue weighted by atomic mass is 35.5. The summed E-state index contributed by atoms with van der Waals surface area (Å²) >= 11 is 5.94. The first-order valence-corrected chi connectivity index (χ1v) is 8.64. The second kappa shape index (κ2) is 8.97. The summed E-state index contributed by atoms with van der Waals surface area (Å²) in [5, 5.41) is 0.167. The summed E-state index contributed by atoms with van der Waals surface area (Å²) in [7, 11) is 1.57. The zero-order valence-corrected chi connectivity index (χ0v) is 15.3. The van der Waals surface area contributed by atoms with Gasteiger partial charge in [-0.25, -0.2) is 4.39 Å². The van der Waals surface area contributed by atoms with Crippen molar-refractivity contribution in [1.82, 2.24) is 9.80 Å². The molecule has 0 saturated carbocycles. The molecule has 1 atom stereocenters. The summed E-state index contributed by atoms with van der Waals surface area (Å²) in [4.78, 5) is 20.1. The van der Waals surface area contributed by atoms with Gasteiger partial charge in [-0.1, -0.05) is 30.7 Å². The van der Waals surface area contributed by atoms with Crippen LogP contribution < -0.4 is 5.73 Å². The molecule has 136 valence electrons. The highest BCUT2D eigenvalue weighted by Gasteiger charge is 2.24. The van der Waals surface area contributed by atoms with E-state index in [1.165, 1.54) is 18.3 Å². The Hall–Kier alpha value is -1.92. The third-order valence-electron chi connectivity index (χ3n) is 4.36. The zero-order valence-electron chi connectivity index (χ0n) is 14.6. The number of halogens is 2. The molecule has 2 rings (SSSR count). The number of carbonyl (C=O) groups is 1. The molecule has 1 unspecified atom stereocenters. The molecule has 1 heterocycles. The Labute approximate surface area is 153 Å². The summed E-state index contributed by atoms with van der Waals surface area (Å²) in [6, 6.07) is 6.62. The highest BCUT2D eigenvalue weighted by molar-refractivity contribution is 6.41. The Morgan fingerprint density at radius 3 is 2.48 bits per heavy atom. The molecule has 1 aliphatic heterocycles. The van der Waals surface area contributed by atoms with Crippen LogP contribution in [0.5, 0.6) is 0 Å². The first-order valence-electron chi connectivity index (χ1n) is 8.27. The second-order valence-corrected chi connectivity index (χ2v) is 6.60. The number of amides is 1. The van der Waals surface area contributed by atoms with Crippen molar-refractivity contribution in [3.63, 3.8) is 0 Å². The van der Waals surface area contributed by atoms with Crippen LogP contribution in [-0.2, 0) is 4.79 Å². The molecule has 0 bridgehead atoms. The van der Waals surface area contributed by atoms with Crippen LogP contribution in [-0.4, -0.2) is 61.7 Å². The fourth-order valence-corrected chi connectivity index (χ4v) is 3.05. The lowest BCUT2D eigenvalue weighted by Crippen LogP contribution is -2.50. The molecule has 1 amide bonds. The maximum absolute atomic E-state index is 13.0. The average Bonchev–Trinajstić information content (AvgIpc) is 2.61. The molecular weight excluding hydrogens is 343 g/mol. The van der Waals surface area contributed by atoms with Gasteiger partial charge in [-0.15, -0.1) is 0 Å². The van der Waals surface area contributed by atoms with Crippen LogP contribution in [0.25, 0.3) is 0 Å². The Morgan fingerprint density at radius 2 is 1.92 bits per heavy atom. The van der Waals surface area contributed by atoms with E-state index < -0.39 is 0 Å². The number of nitrogens with two attached hydrogens (primary N) is 1. The quantitative estimate of drug-likeness (QED) is 0.641. The van der Waals surface area contributed by atoms with Gasteiger partial charge in [0.05, 0.1) is 5.03 Å². The summed E-state index contributed by atoms with van der Waals surface area (Å²) < 4.78 is 13.0. The van der Waals surface area contributed by atoms with Crippen LogP contribution in [0.15, 0.2) is 40.0 Å². The number of hydrogen-bond donors (Lipinski definition) is 1. The SMILES string of the molecule is CN=CC(Cl)=C(N)C(=O)N1CCN(CC(C)c2ccc(F)cc2)CC1. The number of aliphatic imine (C=N–C) groups is 1. The largest absolute Gasteiger partial charge is 0.393 e. The minimum Gasteiger partial charge on any atom is -0.393 e. The zero-order chi connectivity index (χ0) is 18.4. The molecule has 1 saturated heterocycles. The lowest BCUT2D eigenvalue weighted by molar-refractivity contribution is -0.128. The molecule has 1 fully saturated rings. The van der Waals surface area contributed by atoms with Gasteiger partial charge >= 0.3 is 0 Å². The van der Waals surface area contributed by atoms with E-state index in [0.717, 1.165) is 25.2 Å². The van der Waals surface area contributed by atoms with Gasteiger partial charge in [0.25, 0.3) is 5.91 Å². The summed E-state index contributed by atoms with van der Waals surface area (Å²) in [6.45, 7) is 5.72. The van der Waals surface area contributed by atoms with E-state index in [1.807, 2.05) is 12.1 Å². The summed E-state index contributed by atoms with van der Waals surface area (Å²) in [5.74, 6) is -0.181. The van der Waals surface area contributed by atoms with Gasteiger partial charge in [-0.3, -0.25) is 14.7 Å². The first-order chi connectivity index (χ1) is 11.9. The van der Waals surface area contributed by atoms with Crippen LogP contribution in [0.3, 0.4) is 0 Å². The van der Waals surface area contributed by atoms with E-state index in [1.54, 1.807) is 11.9 Å². The molecule has 5 nitrogen and oxygen atoms in total. The van der Waals surface area contributed by atoms with Gasteiger partial charge < -0.3 is 10.6 Å². The van der Waals surface area contributed by atoms with Crippen molar-refractivity contribution in [2.45, 2.75) is 12.8 Å². The molecule has 0 aromatic heterocycles. The molecular formula is C18H24ClFN4O. The van der Waals surface area contributed by atoms with Crippen LogP contribution >= 0.6 is 11.6 Å². The topological polar surface area (TPSA) is 61.9 Å². The average molecular weight is 367 g/mol. The molecule has 0 radical (unpaired) electrons. The minimum atomic E-state index is -0.254. The number of rotatable bonds is 5. The van der Waals surface area contributed by atoms with Crippen molar-refractivity contribution >= 4 is 23.7 Å². The fourth-order valence-electron chi connectivity index (χ4n) is 2.87. The number of hydrogen-bond acceptors (Lipinski definition) is 4. The number of benzene rings is 1. The van der Waals surface area contributed by atoms with Gasteiger partial charge in [-0.2, -0.15) is 0 Å². The maximum Gasteiger partial charge on any atom is 0.271 e. The standard InChI is InChI=1S/C18H24ClFN4O/c1-13(14-3-5-15(20)6-4-14)12-23-7-9-24(10-8-23)18(25)17(21)16(19)11-22-2/h3-6,11,13H,7-10,12,21H2,1-2H3. The van der Waals surface area contributed by atoms with Crippen molar-refractivity contribution in [3.8, 4) is 0 Å². The normalized spacial score (nSPS) is 18.3. The molecule has 1 aromatic carbocycles. The fraction of sp³-hybridized carbons (Fsp3) is 0.444. The highest BCUT2D eigenvalue weighted by Crippen LogP contribution is 2.18. The van der Waals surface area contributed by atoms with Crippen molar-refractivity contribution in [3.05, 3.63) is 46.4 Å². The lowest BCUT2D eigenvalue weighted by Gasteiger charge is -2.36. The molecule has 7 heteroatoms. The van der Waals surface area contributed by atoms with Crippen molar-refractivity contribution in [1.29, 1.82) is 0 Å². The Kier molecular flexibility index (Phi) is 6.96. The molecule has 1 aliphatic rings. The summed E-state index contributed by atoms with van der Waals surface area (Å²) in [5.41, 5.74) is 6.94. The van der Waals surface area contributed by atoms with Gasteiger partial charge in [0.1, 0.15) is 11.5 Å². The molecule has 0 spiro atoms. The van der Waals surface area contributed by atoms with Crippen molar-refractivity contribution < 1.29 is 9.18 Å². The van der Waals surface area contributed by atoms with E-state index in [-0.39, 0.29) is 22.5 Å². The van der Waals surface area contributed by atoms with Crippen LogP contribution in [0.1, 0.15) is 18.4 Å². The predicted octanol–water partition coefficient (Wildman–Crippen LogP) is 2.18. The maximum atomic E-state index is 13.0. The molecule has 1 aromatic rings. The molecule has 2 N–H and O–H groups in total.